The molecule has 3 unspecified atom stereocenters. The van der Waals surface area contributed by atoms with E-state index >= 15 is 0 Å². The number of benzene rings is 1. The zero-order valence-corrected chi connectivity index (χ0v) is 10.6. The lowest BCUT2D eigenvalue weighted by atomic mass is 9.98. The molecule has 17 heavy (non-hydrogen) atoms. The van der Waals surface area contributed by atoms with Gasteiger partial charge in [-0.1, -0.05) is 6.07 Å². The van der Waals surface area contributed by atoms with Gasteiger partial charge in [-0.25, -0.2) is 0 Å². The first-order valence-electron chi connectivity index (χ1n) is 6.57. The van der Waals surface area contributed by atoms with Gasteiger partial charge in [0.15, 0.2) is 11.5 Å². The highest BCUT2D eigenvalue weighted by Crippen LogP contribution is 2.46. The van der Waals surface area contributed by atoms with Crippen LogP contribution in [0.2, 0.25) is 0 Å². The Balaban J connectivity index is 1.78. The van der Waals surface area contributed by atoms with E-state index in [0.29, 0.717) is 6.10 Å². The average Bonchev–Trinajstić information content (AvgIpc) is 2.91. The van der Waals surface area contributed by atoms with E-state index < -0.39 is 0 Å². The van der Waals surface area contributed by atoms with Crippen LogP contribution < -0.4 is 9.47 Å². The van der Waals surface area contributed by atoms with Crippen molar-refractivity contribution >= 4 is 0 Å². The summed E-state index contributed by atoms with van der Waals surface area (Å²) in [7, 11) is 1.71. The summed E-state index contributed by atoms with van der Waals surface area (Å²) in [6.07, 6.45) is 5.80. The van der Waals surface area contributed by atoms with E-state index in [1.807, 2.05) is 6.07 Å². The first kappa shape index (κ1) is 10.9. The highest BCUT2D eigenvalue weighted by Gasteiger charge is 2.41. The third kappa shape index (κ3) is 2.01. The molecule has 2 aliphatic carbocycles. The summed E-state index contributed by atoms with van der Waals surface area (Å²) in [6, 6.07) is 6.15. The first-order chi connectivity index (χ1) is 8.26. The minimum absolute atomic E-state index is 0.421. The van der Waals surface area contributed by atoms with E-state index in [1.165, 1.54) is 31.2 Å². The summed E-state index contributed by atoms with van der Waals surface area (Å²) in [4.78, 5) is 0. The van der Waals surface area contributed by atoms with Gasteiger partial charge in [-0.05, 0) is 62.1 Å². The minimum Gasteiger partial charge on any atom is -0.493 e. The molecule has 0 aliphatic heterocycles. The molecule has 0 aromatic heterocycles. The van der Waals surface area contributed by atoms with Crippen molar-refractivity contribution in [2.75, 3.05) is 7.11 Å². The Morgan fingerprint density at radius 3 is 2.65 bits per heavy atom. The Kier molecular flexibility index (Phi) is 2.73. The summed E-state index contributed by atoms with van der Waals surface area (Å²) in [5.74, 6) is 3.48. The molecule has 2 aliphatic rings. The molecule has 1 aromatic carbocycles. The van der Waals surface area contributed by atoms with Crippen LogP contribution in [0.15, 0.2) is 18.2 Å². The van der Waals surface area contributed by atoms with Gasteiger partial charge in [-0.15, -0.1) is 0 Å². The zero-order chi connectivity index (χ0) is 11.8. The number of methoxy groups -OCH3 is 1. The van der Waals surface area contributed by atoms with Crippen molar-refractivity contribution in [1.29, 1.82) is 0 Å². The first-order valence-corrected chi connectivity index (χ1v) is 6.57. The van der Waals surface area contributed by atoms with Crippen LogP contribution >= 0.6 is 0 Å². The van der Waals surface area contributed by atoms with E-state index in [0.717, 1.165) is 23.3 Å². The van der Waals surface area contributed by atoms with E-state index in [1.54, 1.807) is 7.11 Å². The Bertz CT molecular complexity index is 413. The molecule has 2 saturated carbocycles. The molecule has 3 atom stereocenters. The molecule has 1 aromatic rings. The smallest absolute Gasteiger partial charge is 0.161 e. The lowest BCUT2D eigenvalue weighted by Gasteiger charge is -2.24. The molecule has 3 rings (SSSR count). The van der Waals surface area contributed by atoms with E-state index in [4.69, 9.17) is 9.47 Å². The second-order valence-corrected chi connectivity index (χ2v) is 5.49. The predicted octanol–water partition coefficient (Wildman–Crippen LogP) is 3.57. The van der Waals surface area contributed by atoms with Crippen LogP contribution in [0.25, 0.3) is 0 Å². The molecule has 0 amide bonds. The Morgan fingerprint density at radius 2 is 2.00 bits per heavy atom. The lowest BCUT2D eigenvalue weighted by molar-refractivity contribution is 0.133. The van der Waals surface area contributed by atoms with Crippen molar-refractivity contribution in [3.05, 3.63) is 23.8 Å². The predicted molar refractivity (Wildman–Crippen MR) is 67.6 cm³/mol. The van der Waals surface area contributed by atoms with Crippen molar-refractivity contribution in [3.63, 3.8) is 0 Å². The van der Waals surface area contributed by atoms with Gasteiger partial charge >= 0.3 is 0 Å². The van der Waals surface area contributed by atoms with E-state index in [2.05, 4.69) is 19.1 Å². The van der Waals surface area contributed by atoms with Crippen LogP contribution in [-0.2, 0) is 0 Å². The molecule has 2 fully saturated rings. The monoisotopic (exact) mass is 232 g/mol. The van der Waals surface area contributed by atoms with Gasteiger partial charge in [0.1, 0.15) is 6.10 Å². The van der Waals surface area contributed by atoms with Crippen LogP contribution in [0.3, 0.4) is 0 Å². The molecule has 2 nitrogen and oxygen atoms in total. The van der Waals surface area contributed by atoms with Gasteiger partial charge < -0.3 is 9.47 Å². The van der Waals surface area contributed by atoms with Crippen LogP contribution in [-0.4, -0.2) is 13.2 Å². The van der Waals surface area contributed by atoms with Crippen molar-refractivity contribution in [2.24, 2.45) is 11.8 Å². The second-order valence-electron chi connectivity index (χ2n) is 5.49. The highest BCUT2D eigenvalue weighted by atomic mass is 16.5. The molecule has 2 heteroatoms. The summed E-state index contributed by atoms with van der Waals surface area (Å²) in [5.41, 5.74) is 1.23. The van der Waals surface area contributed by atoms with E-state index in [9.17, 15) is 0 Å². The number of hydrogen-bond acceptors (Lipinski definition) is 2. The quantitative estimate of drug-likeness (QED) is 0.793. The van der Waals surface area contributed by atoms with Gasteiger partial charge in [0, 0.05) is 0 Å². The van der Waals surface area contributed by atoms with Crippen molar-refractivity contribution in [3.8, 4) is 11.5 Å². The van der Waals surface area contributed by atoms with E-state index in [-0.39, 0.29) is 0 Å². The average molecular weight is 232 g/mol. The van der Waals surface area contributed by atoms with Crippen LogP contribution in [0.4, 0.5) is 0 Å². The Labute approximate surface area is 103 Å². The SMILES string of the molecule is COc1ccc(C)cc1OC1CC2CCC1C2. The molecule has 2 bridgehead atoms. The zero-order valence-electron chi connectivity index (χ0n) is 10.6. The fraction of sp³-hybridized carbons (Fsp3) is 0.600. The fourth-order valence-electron chi connectivity index (χ4n) is 3.37. The summed E-state index contributed by atoms with van der Waals surface area (Å²) >= 11 is 0. The molecule has 0 radical (unpaired) electrons. The second kappa shape index (κ2) is 4.25. The fourth-order valence-corrected chi connectivity index (χ4v) is 3.37. The van der Waals surface area contributed by atoms with Gasteiger partial charge in [0.25, 0.3) is 0 Å². The third-order valence-electron chi connectivity index (χ3n) is 4.27. The normalized spacial score (nSPS) is 30.6. The molecule has 92 valence electrons. The molecular formula is C15H20O2. The van der Waals surface area contributed by atoms with Crippen LogP contribution in [0, 0.1) is 18.8 Å². The molecule has 0 saturated heterocycles. The number of fused-ring (bicyclic) bond motifs is 2. The van der Waals surface area contributed by atoms with Gasteiger partial charge in [-0.3, -0.25) is 0 Å². The molecular weight excluding hydrogens is 212 g/mol. The van der Waals surface area contributed by atoms with Crippen LogP contribution in [0.1, 0.15) is 31.2 Å². The molecule has 0 heterocycles. The van der Waals surface area contributed by atoms with Crippen molar-refractivity contribution in [1.82, 2.24) is 0 Å². The van der Waals surface area contributed by atoms with Crippen molar-refractivity contribution in [2.45, 2.75) is 38.7 Å². The van der Waals surface area contributed by atoms with Crippen molar-refractivity contribution < 1.29 is 9.47 Å². The number of rotatable bonds is 3. The standard InChI is InChI=1S/C15H20O2/c1-10-3-6-13(16-2)15(7-10)17-14-9-11-4-5-12(14)8-11/h3,6-7,11-12,14H,4-5,8-9H2,1-2H3. The number of hydrogen-bond donors (Lipinski definition) is 0. The minimum atomic E-state index is 0.421. The third-order valence-corrected chi connectivity index (χ3v) is 4.27. The summed E-state index contributed by atoms with van der Waals surface area (Å²) < 4.78 is 11.6. The molecule has 0 spiro atoms. The maximum Gasteiger partial charge on any atom is 0.161 e. The lowest BCUT2D eigenvalue weighted by Crippen LogP contribution is -2.23. The summed E-state index contributed by atoms with van der Waals surface area (Å²) in [6.45, 7) is 2.09. The largest absolute Gasteiger partial charge is 0.493 e. The topological polar surface area (TPSA) is 18.5 Å². The van der Waals surface area contributed by atoms with Gasteiger partial charge in [-0.2, -0.15) is 0 Å². The maximum absolute atomic E-state index is 6.19. The molecule has 0 N–H and O–H groups in total. The highest BCUT2D eigenvalue weighted by molar-refractivity contribution is 5.42. The maximum atomic E-state index is 6.19. The number of ether oxygens (including phenoxy) is 2. The Morgan fingerprint density at radius 1 is 1.12 bits per heavy atom. The van der Waals surface area contributed by atoms with Crippen LogP contribution in [0.5, 0.6) is 11.5 Å². The Hall–Kier alpha value is -1.18. The van der Waals surface area contributed by atoms with Gasteiger partial charge in [0.2, 0.25) is 0 Å². The van der Waals surface area contributed by atoms with Gasteiger partial charge in [0.05, 0.1) is 7.11 Å². The number of aryl methyl sites for hydroxylation is 1. The summed E-state index contributed by atoms with van der Waals surface area (Å²) in [5, 5.41) is 0.